The lowest BCUT2D eigenvalue weighted by molar-refractivity contribution is 0.306. The molecule has 0 radical (unpaired) electrons. The number of rotatable bonds is 13. The van der Waals surface area contributed by atoms with Crippen molar-refractivity contribution >= 4 is 11.5 Å². The third-order valence-electron chi connectivity index (χ3n) is 5.29. The number of hydrogen-bond acceptors (Lipinski definition) is 4. The van der Waals surface area contributed by atoms with Crippen molar-refractivity contribution in [3.05, 3.63) is 89.6 Å². The maximum atomic E-state index is 8.69. The highest BCUT2D eigenvalue weighted by Crippen LogP contribution is 2.20. The van der Waals surface area contributed by atoms with Gasteiger partial charge in [0.15, 0.2) is 0 Å². The van der Waals surface area contributed by atoms with Gasteiger partial charge in [-0.05, 0) is 48.4 Å². The number of hydrogen-bond donors (Lipinski definition) is 2. The molecule has 0 fully saturated rings. The summed E-state index contributed by atoms with van der Waals surface area (Å²) in [7, 11) is 0. The SMILES string of the molecule is CCCCCCCCNc1ncccc1C(=N)c1ccc(OCc2ccccc2)cc1. The zero-order valence-electron chi connectivity index (χ0n) is 18.4. The molecule has 0 atom stereocenters. The highest BCUT2D eigenvalue weighted by molar-refractivity contribution is 6.13. The summed E-state index contributed by atoms with van der Waals surface area (Å²) < 4.78 is 5.86. The molecule has 0 aliphatic heterocycles. The maximum absolute atomic E-state index is 8.69. The molecule has 4 heteroatoms. The number of pyridine rings is 1. The first kappa shape index (κ1) is 22.5. The molecule has 31 heavy (non-hydrogen) atoms. The van der Waals surface area contributed by atoms with Gasteiger partial charge in [0.1, 0.15) is 18.2 Å². The molecule has 1 heterocycles. The summed E-state index contributed by atoms with van der Waals surface area (Å²) in [6.07, 6.45) is 9.35. The smallest absolute Gasteiger partial charge is 0.135 e. The third-order valence-corrected chi connectivity index (χ3v) is 5.29. The van der Waals surface area contributed by atoms with E-state index in [4.69, 9.17) is 10.1 Å². The fourth-order valence-corrected chi connectivity index (χ4v) is 3.47. The van der Waals surface area contributed by atoms with Crippen molar-refractivity contribution in [2.75, 3.05) is 11.9 Å². The zero-order valence-corrected chi connectivity index (χ0v) is 18.4. The van der Waals surface area contributed by atoms with Crippen LogP contribution >= 0.6 is 0 Å². The molecule has 0 saturated carbocycles. The molecule has 4 nitrogen and oxygen atoms in total. The second-order valence-electron chi connectivity index (χ2n) is 7.77. The Bertz CT molecular complexity index is 923. The van der Waals surface area contributed by atoms with Crippen LogP contribution in [0.2, 0.25) is 0 Å². The molecule has 0 amide bonds. The standard InChI is InChI=1S/C27H33N3O/c1-2-3-4-5-6-10-19-29-27-25(14-11-20-30-27)26(28)23-15-17-24(18-16-23)31-21-22-12-8-7-9-13-22/h7-9,11-18,20,28H,2-6,10,19,21H2,1H3,(H,29,30). The Kier molecular flexibility index (Phi) is 9.11. The van der Waals surface area contributed by atoms with E-state index in [0.717, 1.165) is 41.2 Å². The summed E-state index contributed by atoms with van der Waals surface area (Å²) in [6.45, 7) is 3.66. The summed E-state index contributed by atoms with van der Waals surface area (Å²) >= 11 is 0. The number of aromatic nitrogens is 1. The van der Waals surface area contributed by atoms with Gasteiger partial charge in [-0.2, -0.15) is 0 Å². The number of ether oxygens (including phenoxy) is 1. The summed E-state index contributed by atoms with van der Waals surface area (Å²) in [5.74, 6) is 1.58. The summed E-state index contributed by atoms with van der Waals surface area (Å²) in [6, 6.07) is 21.7. The predicted molar refractivity (Wildman–Crippen MR) is 129 cm³/mol. The van der Waals surface area contributed by atoms with Gasteiger partial charge < -0.3 is 10.1 Å². The topological polar surface area (TPSA) is 58.0 Å². The Morgan fingerprint density at radius 3 is 2.39 bits per heavy atom. The lowest BCUT2D eigenvalue weighted by Gasteiger charge is -2.13. The molecule has 0 aliphatic rings. The molecule has 3 aromatic rings. The van der Waals surface area contributed by atoms with E-state index < -0.39 is 0 Å². The van der Waals surface area contributed by atoms with Gasteiger partial charge in [-0.25, -0.2) is 4.98 Å². The highest BCUT2D eigenvalue weighted by atomic mass is 16.5. The lowest BCUT2D eigenvalue weighted by atomic mass is 10.0. The van der Waals surface area contributed by atoms with Gasteiger partial charge in [0.25, 0.3) is 0 Å². The first-order valence-electron chi connectivity index (χ1n) is 11.3. The van der Waals surface area contributed by atoms with Crippen LogP contribution in [0.15, 0.2) is 72.9 Å². The fourth-order valence-electron chi connectivity index (χ4n) is 3.47. The average molecular weight is 416 g/mol. The number of nitrogens with one attached hydrogen (secondary N) is 2. The molecule has 0 aliphatic carbocycles. The van der Waals surface area contributed by atoms with Crippen LogP contribution in [0.5, 0.6) is 5.75 Å². The monoisotopic (exact) mass is 415 g/mol. The minimum atomic E-state index is 0.466. The number of benzene rings is 2. The van der Waals surface area contributed by atoms with E-state index in [0.29, 0.717) is 12.3 Å². The Labute approximate surface area is 186 Å². The van der Waals surface area contributed by atoms with Crippen molar-refractivity contribution in [2.45, 2.75) is 52.1 Å². The van der Waals surface area contributed by atoms with Gasteiger partial charge in [-0.1, -0.05) is 69.4 Å². The van der Waals surface area contributed by atoms with Crippen LogP contribution in [0.25, 0.3) is 0 Å². The number of anilines is 1. The molecule has 1 aromatic heterocycles. The molecule has 162 valence electrons. The van der Waals surface area contributed by atoms with Crippen molar-refractivity contribution in [3.63, 3.8) is 0 Å². The molecule has 3 rings (SSSR count). The van der Waals surface area contributed by atoms with E-state index in [1.165, 1.54) is 32.1 Å². The number of nitrogens with zero attached hydrogens (tertiary/aromatic N) is 1. The largest absolute Gasteiger partial charge is 0.489 e. The van der Waals surface area contributed by atoms with Gasteiger partial charge in [-0.15, -0.1) is 0 Å². The van der Waals surface area contributed by atoms with E-state index >= 15 is 0 Å². The van der Waals surface area contributed by atoms with Crippen molar-refractivity contribution in [1.82, 2.24) is 4.98 Å². The minimum Gasteiger partial charge on any atom is -0.489 e. The number of unbranched alkanes of at least 4 members (excludes halogenated alkanes) is 5. The van der Waals surface area contributed by atoms with E-state index in [-0.39, 0.29) is 0 Å². The Morgan fingerprint density at radius 2 is 1.61 bits per heavy atom. The van der Waals surface area contributed by atoms with Crippen molar-refractivity contribution in [1.29, 1.82) is 5.41 Å². The summed E-state index contributed by atoms with van der Waals surface area (Å²) in [5.41, 5.74) is 3.28. The molecular formula is C27H33N3O. The van der Waals surface area contributed by atoms with Crippen LogP contribution in [0.4, 0.5) is 5.82 Å². The molecule has 0 bridgehead atoms. The first-order chi connectivity index (χ1) is 15.3. The normalized spacial score (nSPS) is 10.6. The maximum Gasteiger partial charge on any atom is 0.135 e. The van der Waals surface area contributed by atoms with E-state index in [1.54, 1.807) is 6.20 Å². The van der Waals surface area contributed by atoms with E-state index in [9.17, 15) is 0 Å². The minimum absolute atomic E-state index is 0.466. The van der Waals surface area contributed by atoms with Crippen LogP contribution in [-0.2, 0) is 6.61 Å². The zero-order chi connectivity index (χ0) is 21.7. The highest BCUT2D eigenvalue weighted by Gasteiger charge is 2.11. The van der Waals surface area contributed by atoms with Crippen LogP contribution in [0.1, 0.15) is 62.1 Å². The third kappa shape index (κ3) is 7.25. The Hall–Kier alpha value is -3.14. The van der Waals surface area contributed by atoms with Gasteiger partial charge >= 0.3 is 0 Å². The van der Waals surface area contributed by atoms with Gasteiger partial charge in [0, 0.05) is 23.9 Å². The average Bonchev–Trinajstić information content (AvgIpc) is 2.83. The van der Waals surface area contributed by atoms with E-state index in [1.807, 2.05) is 66.7 Å². The molecule has 0 unspecified atom stereocenters. The van der Waals surface area contributed by atoms with E-state index in [2.05, 4.69) is 17.2 Å². The first-order valence-corrected chi connectivity index (χ1v) is 11.3. The molecule has 0 spiro atoms. The fraction of sp³-hybridized carbons (Fsp3) is 0.333. The molecule has 0 saturated heterocycles. The van der Waals surface area contributed by atoms with Gasteiger partial charge in [0.05, 0.1) is 5.71 Å². The predicted octanol–water partition coefficient (Wildman–Crippen LogP) is 6.85. The van der Waals surface area contributed by atoms with Crippen LogP contribution in [0.3, 0.4) is 0 Å². The second-order valence-corrected chi connectivity index (χ2v) is 7.77. The van der Waals surface area contributed by atoms with Crippen molar-refractivity contribution in [3.8, 4) is 5.75 Å². The van der Waals surface area contributed by atoms with Crippen molar-refractivity contribution < 1.29 is 4.74 Å². The van der Waals surface area contributed by atoms with Crippen molar-refractivity contribution in [2.24, 2.45) is 0 Å². The van der Waals surface area contributed by atoms with Gasteiger partial charge in [0.2, 0.25) is 0 Å². The van der Waals surface area contributed by atoms with Crippen LogP contribution < -0.4 is 10.1 Å². The second kappa shape index (κ2) is 12.5. The Morgan fingerprint density at radius 1 is 0.871 bits per heavy atom. The quantitative estimate of drug-likeness (QED) is 0.237. The lowest BCUT2D eigenvalue weighted by Crippen LogP contribution is -2.10. The molecule has 2 aromatic carbocycles. The molecular weight excluding hydrogens is 382 g/mol. The molecule has 2 N–H and O–H groups in total. The van der Waals surface area contributed by atoms with Crippen LogP contribution in [-0.4, -0.2) is 17.2 Å². The summed E-state index contributed by atoms with van der Waals surface area (Å²) in [4.78, 5) is 4.48. The Balaban J connectivity index is 1.54. The van der Waals surface area contributed by atoms with Gasteiger partial charge in [-0.3, -0.25) is 5.41 Å². The summed E-state index contributed by atoms with van der Waals surface area (Å²) in [5, 5.41) is 12.1. The van der Waals surface area contributed by atoms with Crippen LogP contribution in [0, 0.1) is 5.41 Å².